The first-order valence-electron chi connectivity index (χ1n) is 3.38. The predicted molar refractivity (Wildman–Crippen MR) is 42.2 cm³/mol. The van der Waals surface area contributed by atoms with Gasteiger partial charge in [-0.3, -0.25) is 4.79 Å². The van der Waals surface area contributed by atoms with Gasteiger partial charge in [0.25, 0.3) is 0 Å². The van der Waals surface area contributed by atoms with Crippen LogP contribution in [0.1, 0.15) is 6.42 Å². The maximum atomic E-state index is 11.0. The first-order chi connectivity index (χ1) is 5.09. The Balaban J connectivity index is 2.47. The Morgan fingerprint density at radius 2 is 2.55 bits per heavy atom. The second-order valence-electron chi connectivity index (χ2n) is 2.65. The molecule has 1 rings (SSSR count). The van der Waals surface area contributed by atoms with Crippen molar-refractivity contribution in [3.8, 4) is 0 Å². The molecule has 1 unspecified atom stereocenters. The van der Waals surface area contributed by atoms with Crippen molar-refractivity contribution < 1.29 is 9.90 Å². The summed E-state index contributed by atoms with van der Waals surface area (Å²) in [7, 11) is 0. The lowest BCUT2D eigenvalue weighted by molar-refractivity contribution is -0.127. The summed E-state index contributed by atoms with van der Waals surface area (Å²) >= 11 is 5.50. The molecule has 4 heteroatoms. The Kier molecular flexibility index (Phi) is 2.52. The standard InChI is InChI=1S/C7H10ClNO2/c1-5(8)3-9-4-6(10)2-7(9)11/h6,10H,1-4H2. The van der Waals surface area contributed by atoms with Gasteiger partial charge < -0.3 is 10.0 Å². The smallest absolute Gasteiger partial charge is 0.225 e. The van der Waals surface area contributed by atoms with Crippen molar-refractivity contribution in [1.82, 2.24) is 4.90 Å². The third kappa shape index (κ3) is 2.20. The number of aliphatic hydroxyl groups is 1. The summed E-state index contributed by atoms with van der Waals surface area (Å²) in [5, 5.41) is 9.47. The topological polar surface area (TPSA) is 40.5 Å². The van der Waals surface area contributed by atoms with Gasteiger partial charge in [-0.25, -0.2) is 0 Å². The van der Waals surface area contributed by atoms with Gasteiger partial charge in [0.2, 0.25) is 5.91 Å². The van der Waals surface area contributed by atoms with E-state index in [-0.39, 0.29) is 12.3 Å². The molecule has 1 aliphatic rings. The summed E-state index contributed by atoms with van der Waals surface area (Å²) in [6.07, 6.45) is -0.317. The largest absolute Gasteiger partial charge is 0.391 e. The van der Waals surface area contributed by atoms with E-state index in [1.807, 2.05) is 0 Å². The third-order valence-corrected chi connectivity index (χ3v) is 1.68. The van der Waals surface area contributed by atoms with E-state index in [9.17, 15) is 4.79 Å². The average molecular weight is 176 g/mol. The molecule has 3 nitrogen and oxygen atoms in total. The van der Waals surface area contributed by atoms with Gasteiger partial charge in [0.1, 0.15) is 0 Å². The van der Waals surface area contributed by atoms with Gasteiger partial charge in [-0.05, 0) is 0 Å². The quantitative estimate of drug-likeness (QED) is 0.657. The Labute approximate surface area is 70.3 Å². The van der Waals surface area contributed by atoms with Crippen LogP contribution in [0.3, 0.4) is 0 Å². The molecule has 1 saturated heterocycles. The predicted octanol–water partition coefficient (Wildman–Crippen LogP) is 0.332. The molecule has 0 aromatic carbocycles. The van der Waals surface area contributed by atoms with Gasteiger partial charge in [-0.2, -0.15) is 0 Å². The number of halogens is 1. The lowest BCUT2D eigenvalue weighted by Gasteiger charge is -2.13. The van der Waals surface area contributed by atoms with E-state index in [1.165, 1.54) is 4.90 Å². The fourth-order valence-corrected chi connectivity index (χ4v) is 1.26. The molecule has 0 bridgehead atoms. The zero-order valence-electron chi connectivity index (χ0n) is 6.09. The highest BCUT2D eigenvalue weighted by Gasteiger charge is 2.27. The first-order valence-corrected chi connectivity index (χ1v) is 3.76. The van der Waals surface area contributed by atoms with E-state index in [0.717, 1.165) is 0 Å². The zero-order valence-corrected chi connectivity index (χ0v) is 6.84. The molecule has 1 amide bonds. The Morgan fingerprint density at radius 3 is 2.91 bits per heavy atom. The molecular formula is C7H10ClNO2. The lowest BCUT2D eigenvalue weighted by atomic mass is 10.3. The van der Waals surface area contributed by atoms with Crippen LogP contribution in [-0.4, -0.2) is 35.1 Å². The maximum Gasteiger partial charge on any atom is 0.225 e. The summed E-state index contributed by atoms with van der Waals surface area (Å²) in [6.45, 7) is 4.19. The van der Waals surface area contributed by atoms with Gasteiger partial charge in [0, 0.05) is 11.6 Å². The van der Waals surface area contributed by atoms with Crippen LogP contribution in [0.2, 0.25) is 0 Å². The van der Waals surface area contributed by atoms with Gasteiger partial charge in [-0.15, -0.1) is 0 Å². The van der Waals surface area contributed by atoms with E-state index < -0.39 is 6.10 Å². The fourth-order valence-electron chi connectivity index (χ4n) is 1.11. The molecule has 1 N–H and O–H groups in total. The number of rotatable bonds is 2. The molecule has 0 radical (unpaired) electrons. The molecule has 0 saturated carbocycles. The molecule has 1 heterocycles. The number of nitrogens with zero attached hydrogens (tertiary/aromatic N) is 1. The minimum Gasteiger partial charge on any atom is -0.391 e. The summed E-state index contributed by atoms with van der Waals surface area (Å²) < 4.78 is 0. The second-order valence-corrected chi connectivity index (χ2v) is 3.18. The van der Waals surface area contributed by atoms with Crippen molar-refractivity contribution in [2.45, 2.75) is 12.5 Å². The van der Waals surface area contributed by atoms with Crippen LogP contribution in [0.4, 0.5) is 0 Å². The van der Waals surface area contributed by atoms with Crippen LogP contribution >= 0.6 is 11.6 Å². The van der Waals surface area contributed by atoms with E-state index in [4.69, 9.17) is 16.7 Å². The highest BCUT2D eigenvalue weighted by molar-refractivity contribution is 6.29. The Bertz CT molecular complexity index is 193. The van der Waals surface area contributed by atoms with Crippen LogP contribution in [0.5, 0.6) is 0 Å². The van der Waals surface area contributed by atoms with Crippen molar-refractivity contribution in [2.24, 2.45) is 0 Å². The van der Waals surface area contributed by atoms with Gasteiger partial charge in [0.05, 0.1) is 19.1 Å². The second kappa shape index (κ2) is 3.24. The monoisotopic (exact) mass is 175 g/mol. The molecule has 1 fully saturated rings. The Hall–Kier alpha value is -0.540. The highest BCUT2D eigenvalue weighted by atomic mass is 35.5. The summed E-state index contributed by atoms with van der Waals surface area (Å²) in [4.78, 5) is 12.5. The number of β-amino-alcohol motifs (C(OH)–C–C–N with tert-alkyl or cyclic N) is 1. The van der Waals surface area contributed by atoms with Crippen LogP contribution < -0.4 is 0 Å². The molecule has 1 aliphatic heterocycles. The lowest BCUT2D eigenvalue weighted by Crippen LogP contribution is -2.26. The first kappa shape index (κ1) is 8.56. The SMILES string of the molecule is C=C(Cl)CN1CC(O)CC1=O. The van der Waals surface area contributed by atoms with Crippen molar-refractivity contribution in [3.05, 3.63) is 11.6 Å². The number of aliphatic hydroxyl groups excluding tert-OH is 1. The van der Waals surface area contributed by atoms with Crippen molar-refractivity contribution in [3.63, 3.8) is 0 Å². The van der Waals surface area contributed by atoms with E-state index in [2.05, 4.69) is 6.58 Å². The normalized spacial score (nSPS) is 24.4. The molecule has 11 heavy (non-hydrogen) atoms. The number of hydrogen-bond acceptors (Lipinski definition) is 2. The number of likely N-dealkylation sites (tertiary alicyclic amines) is 1. The van der Waals surface area contributed by atoms with Crippen LogP contribution in [-0.2, 0) is 4.79 Å². The molecule has 0 aliphatic carbocycles. The third-order valence-electron chi connectivity index (χ3n) is 1.56. The van der Waals surface area contributed by atoms with Crippen LogP contribution in [0.25, 0.3) is 0 Å². The number of amides is 1. The number of hydrogen-bond donors (Lipinski definition) is 1. The zero-order chi connectivity index (χ0) is 8.43. The van der Waals surface area contributed by atoms with Gasteiger partial charge >= 0.3 is 0 Å². The van der Waals surface area contributed by atoms with Gasteiger partial charge in [-0.1, -0.05) is 18.2 Å². The average Bonchev–Trinajstić information content (AvgIpc) is 2.09. The molecule has 62 valence electrons. The van der Waals surface area contributed by atoms with Crippen molar-refractivity contribution in [1.29, 1.82) is 0 Å². The minimum atomic E-state index is -0.529. The van der Waals surface area contributed by atoms with Crippen molar-refractivity contribution in [2.75, 3.05) is 13.1 Å². The maximum absolute atomic E-state index is 11.0. The molecule has 0 spiro atoms. The van der Waals surface area contributed by atoms with Crippen LogP contribution in [0.15, 0.2) is 11.6 Å². The Morgan fingerprint density at radius 1 is 1.91 bits per heavy atom. The van der Waals surface area contributed by atoms with E-state index >= 15 is 0 Å². The highest BCUT2D eigenvalue weighted by Crippen LogP contribution is 2.13. The molecule has 0 aromatic rings. The summed E-state index contributed by atoms with van der Waals surface area (Å²) in [5.74, 6) is -0.0562. The molecule has 0 aromatic heterocycles. The number of carbonyl (C=O) groups is 1. The van der Waals surface area contributed by atoms with Crippen LogP contribution in [0, 0.1) is 0 Å². The molecule has 1 atom stereocenters. The summed E-state index contributed by atoms with van der Waals surface area (Å²) in [5.41, 5.74) is 0. The van der Waals surface area contributed by atoms with Gasteiger partial charge in [0.15, 0.2) is 0 Å². The fraction of sp³-hybridized carbons (Fsp3) is 0.571. The van der Waals surface area contributed by atoms with E-state index in [1.54, 1.807) is 0 Å². The summed E-state index contributed by atoms with van der Waals surface area (Å²) in [6, 6.07) is 0. The van der Waals surface area contributed by atoms with E-state index in [0.29, 0.717) is 18.1 Å². The number of carbonyl (C=O) groups excluding carboxylic acids is 1. The minimum absolute atomic E-state index is 0.0562. The molecular weight excluding hydrogens is 166 g/mol. The van der Waals surface area contributed by atoms with Crippen molar-refractivity contribution >= 4 is 17.5 Å².